The monoisotopic (exact) mass is 226 g/mol. The number of likely N-dealkylation sites (tertiary alicyclic amines) is 2. The van der Waals surface area contributed by atoms with Crippen molar-refractivity contribution in [3.8, 4) is 0 Å². The molecule has 2 amide bonds. The van der Waals surface area contributed by atoms with E-state index in [2.05, 4.69) is 0 Å². The molecule has 0 spiro atoms. The molecule has 2 unspecified atom stereocenters. The predicted molar refractivity (Wildman–Crippen MR) is 53.5 cm³/mol. The lowest BCUT2D eigenvalue weighted by molar-refractivity contribution is -0.144. The smallest absolute Gasteiger partial charge is 0.320 e. The van der Waals surface area contributed by atoms with Crippen LogP contribution in [-0.4, -0.2) is 58.4 Å². The Bertz CT molecular complexity index is 355. The second-order valence-corrected chi connectivity index (χ2v) is 4.25. The van der Waals surface area contributed by atoms with Crippen LogP contribution in [0.1, 0.15) is 19.3 Å². The second kappa shape index (κ2) is 3.86. The fraction of sp³-hybridized carbons (Fsp3) is 0.700. The largest absolute Gasteiger partial charge is 0.480 e. The number of hydrogen-bond acceptors (Lipinski definition) is 4. The average Bonchev–Trinajstić information content (AvgIpc) is 2.79. The van der Waals surface area contributed by atoms with Gasteiger partial charge in [0, 0.05) is 7.05 Å². The molecule has 6 heteroatoms. The molecule has 0 aromatic carbocycles. The highest BCUT2D eigenvalue weighted by molar-refractivity contribution is 6.05. The third-order valence-corrected chi connectivity index (χ3v) is 3.34. The Morgan fingerprint density at radius 3 is 2.62 bits per heavy atom. The van der Waals surface area contributed by atoms with Gasteiger partial charge in [-0.3, -0.25) is 24.2 Å². The predicted octanol–water partition coefficient (Wildman–Crippen LogP) is -0.707. The summed E-state index contributed by atoms with van der Waals surface area (Å²) in [6.07, 6.45) is 1.43. The fourth-order valence-corrected chi connectivity index (χ4v) is 2.42. The van der Waals surface area contributed by atoms with E-state index in [1.165, 1.54) is 7.05 Å². The zero-order valence-electron chi connectivity index (χ0n) is 9.05. The molecule has 0 aromatic rings. The minimum atomic E-state index is -0.910. The van der Waals surface area contributed by atoms with Crippen LogP contribution in [0.5, 0.6) is 0 Å². The van der Waals surface area contributed by atoms with Crippen LogP contribution in [0.25, 0.3) is 0 Å². The molecule has 2 fully saturated rings. The van der Waals surface area contributed by atoms with Gasteiger partial charge in [0.2, 0.25) is 11.8 Å². The van der Waals surface area contributed by atoms with Gasteiger partial charge in [0.1, 0.15) is 6.04 Å². The number of hydrogen-bond donors (Lipinski definition) is 1. The van der Waals surface area contributed by atoms with Crippen molar-refractivity contribution in [1.29, 1.82) is 0 Å². The van der Waals surface area contributed by atoms with E-state index in [1.54, 1.807) is 4.90 Å². The fourth-order valence-electron chi connectivity index (χ4n) is 2.42. The first-order valence-electron chi connectivity index (χ1n) is 5.31. The first kappa shape index (κ1) is 11.1. The molecule has 0 radical (unpaired) electrons. The number of rotatable bonds is 2. The minimum absolute atomic E-state index is 0.110. The van der Waals surface area contributed by atoms with Crippen molar-refractivity contribution in [3.05, 3.63) is 0 Å². The lowest BCUT2D eigenvalue weighted by Crippen LogP contribution is -2.46. The highest BCUT2D eigenvalue weighted by Gasteiger charge is 2.45. The number of carbonyl (C=O) groups is 3. The Kier molecular flexibility index (Phi) is 2.67. The van der Waals surface area contributed by atoms with Gasteiger partial charge in [-0.25, -0.2) is 0 Å². The van der Waals surface area contributed by atoms with Crippen molar-refractivity contribution in [2.75, 3.05) is 13.6 Å². The Morgan fingerprint density at radius 2 is 2.12 bits per heavy atom. The molecule has 0 bridgehead atoms. The van der Waals surface area contributed by atoms with E-state index in [9.17, 15) is 14.4 Å². The first-order valence-corrected chi connectivity index (χ1v) is 5.31. The molecule has 2 aliphatic heterocycles. The number of nitrogens with zero attached hydrogens (tertiary/aromatic N) is 2. The number of imide groups is 1. The van der Waals surface area contributed by atoms with Crippen molar-refractivity contribution < 1.29 is 19.5 Å². The lowest BCUT2D eigenvalue weighted by Gasteiger charge is -2.25. The highest BCUT2D eigenvalue weighted by Crippen LogP contribution is 2.26. The van der Waals surface area contributed by atoms with Crippen LogP contribution in [-0.2, 0) is 14.4 Å². The maximum atomic E-state index is 11.7. The Balaban J connectivity index is 2.16. The first-order chi connectivity index (χ1) is 7.52. The van der Waals surface area contributed by atoms with Crippen LogP contribution in [0, 0.1) is 0 Å². The molecule has 2 heterocycles. The summed E-state index contributed by atoms with van der Waals surface area (Å²) in [6.45, 7) is 0.578. The minimum Gasteiger partial charge on any atom is -0.480 e. The quantitative estimate of drug-likeness (QED) is 0.629. The number of amides is 2. The lowest BCUT2D eigenvalue weighted by atomic mass is 10.1. The van der Waals surface area contributed by atoms with Crippen LogP contribution < -0.4 is 0 Å². The van der Waals surface area contributed by atoms with Gasteiger partial charge in [-0.2, -0.15) is 0 Å². The normalized spacial score (nSPS) is 31.4. The Hall–Kier alpha value is -1.43. The van der Waals surface area contributed by atoms with E-state index in [4.69, 9.17) is 5.11 Å². The van der Waals surface area contributed by atoms with Gasteiger partial charge < -0.3 is 5.11 Å². The number of likely N-dealkylation sites (N-methyl/N-ethyl adjacent to an activating group) is 1. The summed E-state index contributed by atoms with van der Waals surface area (Å²) in [6, 6.07) is -1.19. The average molecular weight is 226 g/mol. The van der Waals surface area contributed by atoms with Crippen LogP contribution in [0.3, 0.4) is 0 Å². The van der Waals surface area contributed by atoms with Crippen molar-refractivity contribution in [2.24, 2.45) is 0 Å². The zero-order valence-corrected chi connectivity index (χ0v) is 9.05. The van der Waals surface area contributed by atoms with Crippen molar-refractivity contribution in [1.82, 2.24) is 9.80 Å². The summed E-state index contributed by atoms with van der Waals surface area (Å²) in [5, 5.41) is 9.01. The number of carboxylic acids is 1. The molecule has 16 heavy (non-hydrogen) atoms. The molecule has 2 aliphatic rings. The zero-order chi connectivity index (χ0) is 11.9. The maximum Gasteiger partial charge on any atom is 0.320 e. The highest BCUT2D eigenvalue weighted by atomic mass is 16.4. The summed E-state index contributed by atoms with van der Waals surface area (Å²) >= 11 is 0. The van der Waals surface area contributed by atoms with E-state index in [0.29, 0.717) is 13.0 Å². The second-order valence-electron chi connectivity index (χ2n) is 4.25. The number of carboxylic acid groups (broad SMARTS) is 1. The van der Waals surface area contributed by atoms with E-state index in [0.717, 1.165) is 11.3 Å². The van der Waals surface area contributed by atoms with E-state index >= 15 is 0 Å². The molecular weight excluding hydrogens is 212 g/mol. The van der Waals surface area contributed by atoms with Crippen LogP contribution >= 0.6 is 0 Å². The number of aliphatic carboxylic acids is 1. The summed E-state index contributed by atoms with van der Waals surface area (Å²) in [5.74, 6) is -1.42. The molecule has 2 rings (SSSR count). The third kappa shape index (κ3) is 1.59. The SMILES string of the molecule is CN1C(=O)CC(N2CCCC2C(=O)O)C1=O. The standard InChI is InChI=1S/C10H14N2O4/c1-11-8(13)5-7(9(11)14)12-4-2-3-6(12)10(15)16/h6-7H,2-5H2,1H3,(H,15,16). The topological polar surface area (TPSA) is 77.9 Å². The Labute approximate surface area is 92.8 Å². The molecule has 0 aromatic heterocycles. The maximum absolute atomic E-state index is 11.7. The van der Waals surface area contributed by atoms with Crippen molar-refractivity contribution >= 4 is 17.8 Å². The molecule has 1 N–H and O–H groups in total. The van der Waals surface area contributed by atoms with Crippen molar-refractivity contribution in [2.45, 2.75) is 31.3 Å². The van der Waals surface area contributed by atoms with Gasteiger partial charge >= 0.3 is 5.97 Å². The molecule has 0 aliphatic carbocycles. The van der Waals surface area contributed by atoms with Gasteiger partial charge in [-0.1, -0.05) is 0 Å². The third-order valence-electron chi connectivity index (χ3n) is 3.34. The summed E-state index contributed by atoms with van der Waals surface area (Å²) in [4.78, 5) is 36.8. The molecule has 2 atom stereocenters. The number of carbonyl (C=O) groups excluding carboxylic acids is 2. The molecular formula is C10H14N2O4. The van der Waals surface area contributed by atoms with Gasteiger partial charge in [0.25, 0.3) is 0 Å². The van der Waals surface area contributed by atoms with Gasteiger partial charge in [0.05, 0.1) is 12.5 Å². The molecule has 6 nitrogen and oxygen atoms in total. The van der Waals surface area contributed by atoms with Crippen LogP contribution in [0.4, 0.5) is 0 Å². The van der Waals surface area contributed by atoms with Gasteiger partial charge in [0.15, 0.2) is 0 Å². The van der Waals surface area contributed by atoms with Gasteiger partial charge in [-0.15, -0.1) is 0 Å². The van der Waals surface area contributed by atoms with Crippen LogP contribution in [0.2, 0.25) is 0 Å². The molecule has 0 saturated carbocycles. The molecule has 88 valence electrons. The summed E-state index contributed by atoms with van der Waals surface area (Å²) < 4.78 is 0. The van der Waals surface area contributed by atoms with E-state index in [-0.39, 0.29) is 18.2 Å². The van der Waals surface area contributed by atoms with Crippen molar-refractivity contribution in [3.63, 3.8) is 0 Å². The summed E-state index contributed by atoms with van der Waals surface area (Å²) in [5.41, 5.74) is 0. The summed E-state index contributed by atoms with van der Waals surface area (Å²) in [7, 11) is 1.44. The Morgan fingerprint density at radius 1 is 1.44 bits per heavy atom. The van der Waals surface area contributed by atoms with Gasteiger partial charge in [-0.05, 0) is 19.4 Å². The van der Waals surface area contributed by atoms with E-state index < -0.39 is 18.1 Å². The van der Waals surface area contributed by atoms with E-state index in [1.807, 2.05) is 0 Å². The molecule has 2 saturated heterocycles. The van der Waals surface area contributed by atoms with Crippen LogP contribution in [0.15, 0.2) is 0 Å².